The molecule has 0 bridgehead atoms. The maximum absolute atomic E-state index is 12.6. The molecule has 0 aromatic heterocycles. The Bertz CT molecular complexity index is 637. The Morgan fingerprint density at radius 3 is 2.28 bits per heavy atom. The van der Waals surface area contributed by atoms with E-state index in [0.717, 1.165) is 32.0 Å². The van der Waals surface area contributed by atoms with Gasteiger partial charge in [-0.2, -0.15) is 0 Å². The minimum absolute atomic E-state index is 0.0933. The van der Waals surface area contributed by atoms with Gasteiger partial charge < -0.3 is 18.5 Å². The van der Waals surface area contributed by atoms with Crippen LogP contribution in [0.3, 0.4) is 0 Å². The number of rotatable bonds is 8. The smallest absolute Gasteiger partial charge is 0.457 e. The summed E-state index contributed by atoms with van der Waals surface area (Å²) in [5.74, 6) is 0.458. The van der Waals surface area contributed by atoms with E-state index in [-0.39, 0.29) is 36.4 Å². The average Bonchev–Trinajstić information content (AvgIpc) is 2.92. The molecule has 1 aliphatic heterocycles. The predicted octanol–water partition coefficient (Wildman–Crippen LogP) is 6.62. The Balaban J connectivity index is 1.92. The third-order valence-corrected chi connectivity index (χ3v) is 12.3. The van der Waals surface area contributed by atoms with Gasteiger partial charge in [0.05, 0.1) is 24.7 Å². The summed E-state index contributed by atoms with van der Waals surface area (Å²) in [7, 11) is -2.13. The van der Waals surface area contributed by atoms with Crippen LogP contribution in [0.1, 0.15) is 94.4 Å². The summed E-state index contributed by atoms with van der Waals surface area (Å²) in [4.78, 5) is 12.6. The number of carbonyl (C=O) groups is 1. The van der Waals surface area contributed by atoms with Crippen molar-refractivity contribution in [3.05, 3.63) is 0 Å². The maximum Gasteiger partial charge on any atom is 0.457 e. The first kappa shape index (κ1) is 27.9. The van der Waals surface area contributed by atoms with Crippen LogP contribution in [0.2, 0.25) is 24.5 Å². The highest BCUT2D eigenvalue weighted by Crippen LogP contribution is 2.45. The highest BCUT2D eigenvalue weighted by molar-refractivity contribution is 6.74. The largest absolute Gasteiger partial charge is 0.460 e. The van der Waals surface area contributed by atoms with Crippen LogP contribution in [-0.4, -0.2) is 45.3 Å². The van der Waals surface area contributed by atoms with E-state index in [1.807, 2.05) is 20.8 Å². The van der Waals surface area contributed by atoms with Crippen LogP contribution in [0.5, 0.6) is 0 Å². The molecule has 0 N–H and O–H groups in total. The molecule has 32 heavy (non-hydrogen) atoms. The summed E-state index contributed by atoms with van der Waals surface area (Å²) < 4.78 is 24.8. The molecule has 0 spiro atoms. The zero-order valence-electron chi connectivity index (χ0n) is 22.7. The van der Waals surface area contributed by atoms with Crippen molar-refractivity contribution in [3.63, 3.8) is 0 Å². The summed E-state index contributed by atoms with van der Waals surface area (Å²) in [6.07, 6.45) is 5.30. The summed E-state index contributed by atoms with van der Waals surface area (Å²) in [5.41, 5.74) is -0.180. The normalized spacial score (nSPS) is 27.2. The van der Waals surface area contributed by atoms with Crippen LogP contribution in [0, 0.1) is 11.3 Å². The van der Waals surface area contributed by atoms with E-state index in [4.69, 9.17) is 18.5 Å². The number of ether oxygens (including phenoxy) is 1. The van der Waals surface area contributed by atoms with E-state index >= 15 is 0 Å². The summed E-state index contributed by atoms with van der Waals surface area (Å²) in [6.45, 7) is 23.9. The molecule has 2 rings (SSSR count). The first-order valence-electron chi connectivity index (χ1n) is 12.6. The molecule has 2 unspecified atom stereocenters. The first-order chi connectivity index (χ1) is 14.4. The van der Waals surface area contributed by atoms with Crippen molar-refractivity contribution in [2.45, 2.75) is 143 Å². The molecular formula is C25H49BO5Si. The molecule has 2 aliphatic rings. The van der Waals surface area contributed by atoms with Gasteiger partial charge in [-0.1, -0.05) is 48.0 Å². The topological polar surface area (TPSA) is 54.0 Å². The SMILES string of the molecule is C[C@H]1C[C@H]2OB(CCCC(CC(=O)OC(C)(C)C)O[Si](C)(C)C(C)(C)C)OC2CC1(C)C. The number of fused-ring (bicyclic) bond motifs is 1. The quantitative estimate of drug-likeness (QED) is 0.296. The lowest BCUT2D eigenvalue weighted by Crippen LogP contribution is -2.44. The number of carbonyl (C=O) groups excluding carboxylic acids is 1. The maximum atomic E-state index is 12.6. The van der Waals surface area contributed by atoms with Crippen LogP contribution in [0.4, 0.5) is 0 Å². The Labute approximate surface area is 198 Å². The monoisotopic (exact) mass is 468 g/mol. The third-order valence-electron chi connectivity index (χ3n) is 7.76. The Morgan fingerprint density at radius 2 is 1.72 bits per heavy atom. The zero-order valence-corrected chi connectivity index (χ0v) is 23.7. The third kappa shape index (κ3) is 7.85. The Hall–Kier alpha value is -0.368. The molecule has 2 fully saturated rings. The summed E-state index contributed by atoms with van der Waals surface area (Å²) in [6, 6.07) is 0. The molecule has 0 radical (unpaired) electrons. The molecule has 5 nitrogen and oxygen atoms in total. The lowest BCUT2D eigenvalue weighted by atomic mass is 9.68. The van der Waals surface area contributed by atoms with Gasteiger partial charge in [0.2, 0.25) is 0 Å². The van der Waals surface area contributed by atoms with Crippen molar-refractivity contribution >= 4 is 21.4 Å². The average molecular weight is 469 g/mol. The lowest BCUT2D eigenvalue weighted by molar-refractivity contribution is -0.156. The van der Waals surface area contributed by atoms with E-state index < -0.39 is 13.9 Å². The molecule has 1 aliphatic carbocycles. The van der Waals surface area contributed by atoms with E-state index in [2.05, 4.69) is 54.6 Å². The molecule has 186 valence electrons. The lowest BCUT2D eigenvalue weighted by Gasteiger charge is -2.41. The molecule has 4 atom stereocenters. The molecular weight excluding hydrogens is 419 g/mol. The van der Waals surface area contributed by atoms with Gasteiger partial charge >= 0.3 is 13.1 Å². The Morgan fingerprint density at radius 1 is 1.12 bits per heavy atom. The van der Waals surface area contributed by atoms with Gasteiger partial charge in [-0.3, -0.25) is 4.79 Å². The minimum Gasteiger partial charge on any atom is -0.460 e. The fraction of sp³-hybridized carbons (Fsp3) is 0.960. The van der Waals surface area contributed by atoms with Crippen LogP contribution < -0.4 is 0 Å². The van der Waals surface area contributed by atoms with Gasteiger partial charge in [-0.25, -0.2) is 0 Å². The zero-order chi connectivity index (χ0) is 24.5. The van der Waals surface area contributed by atoms with Gasteiger partial charge in [0.25, 0.3) is 0 Å². The van der Waals surface area contributed by atoms with Crippen molar-refractivity contribution in [2.75, 3.05) is 0 Å². The number of esters is 1. The second-order valence-corrected chi connectivity index (χ2v) is 18.1. The molecule has 7 heteroatoms. The number of hydrogen-bond acceptors (Lipinski definition) is 5. The highest BCUT2D eigenvalue weighted by atomic mass is 28.4. The molecule has 0 aromatic carbocycles. The van der Waals surface area contributed by atoms with E-state index in [1.54, 1.807) is 0 Å². The van der Waals surface area contributed by atoms with E-state index in [9.17, 15) is 4.79 Å². The van der Waals surface area contributed by atoms with Crippen molar-refractivity contribution in [2.24, 2.45) is 11.3 Å². The van der Waals surface area contributed by atoms with Crippen LogP contribution >= 0.6 is 0 Å². The summed E-state index contributed by atoms with van der Waals surface area (Å²) >= 11 is 0. The molecule has 1 saturated carbocycles. The van der Waals surface area contributed by atoms with Gasteiger partial charge in [0, 0.05) is 0 Å². The highest BCUT2D eigenvalue weighted by Gasteiger charge is 2.48. The fourth-order valence-corrected chi connectivity index (χ4v) is 5.77. The molecule has 1 heterocycles. The van der Waals surface area contributed by atoms with E-state index in [1.165, 1.54) is 0 Å². The van der Waals surface area contributed by atoms with Gasteiger partial charge in [0.15, 0.2) is 8.32 Å². The minimum atomic E-state index is -1.99. The van der Waals surface area contributed by atoms with Crippen molar-refractivity contribution in [3.8, 4) is 0 Å². The van der Waals surface area contributed by atoms with Crippen LogP contribution in [0.25, 0.3) is 0 Å². The summed E-state index contributed by atoms with van der Waals surface area (Å²) in [5, 5.41) is 0.0933. The second-order valence-electron chi connectivity index (χ2n) is 13.3. The second kappa shape index (κ2) is 10.1. The van der Waals surface area contributed by atoms with E-state index in [0.29, 0.717) is 17.8 Å². The van der Waals surface area contributed by atoms with Crippen LogP contribution in [-0.2, 0) is 23.3 Å². The van der Waals surface area contributed by atoms with Crippen molar-refractivity contribution in [1.82, 2.24) is 0 Å². The molecule has 1 saturated heterocycles. The first-order valence-corrected chi connectivity index (χ1v) is 15.5. The fourth-order valence-electron chi connectivity index (χ4n) is 4.38. The standard InChI is InChI=1S/C25H49BO5Si/c1-18-15-20-21(17-25(18,8)9)30-26(29-20)14-12-13-19(16-22(27)28-23(2,3)4)31-32(10,11)24(5,6)7/h18-21H,12-17H2,1-11H3/t18-,19?,20+,21?/m0/s1. The number of hydrogen-bond donors (Lipinski definition) is 0. The molecule has 0 aromatic rings. The Kier molecular flexibility index (Phi) is 8.79. The van der Waals surface area contributed by atoms with Crippen LogP contribution in [0.15, 0.2) is 0 Å². The predicted molar refractivity (Wildman–Crippen MR) is 134 cm³/mol. The van der Waals surface area contributed by atoms with Crippen molar-refractivity contribution < 1.29 is 23.3 Å². The van der Waals surface area contributed by atoms with Gasteiger partial charge in [-0.15, -0.1) is 0 Å². The van der Waals surface area contributed by atoms with Crippen molar-refractivity contribution in [1.29, 1.82) is 0 Å². The molecule has 0 amide bonds. The van der Waals surface area contributed by atoms with Gasteiger partial charge in [0.1, 0.15) is 5.60 Å². The van der Waals surface area contributed by atoms with Gasteiger partial charge in [-0.05, 0) is 75.8 Å².